The van der Waals surface area contributed by atoms with Crippen molar-refractivity contribution in [1.82, 2.24) is 9.88 Å². The van der Waals surface area contributed by atoms with Crippen molar-refractivity contribution in [2.75, 3.05) is 38.2 Å². The van der Waals surface area contributed by atoms with Crippen LogP contribution in [-0.4, -0.2) is 49.1 Å². The number of carbonyl (C=O) groups is 1. The molecule has 6 heteroatoms. The van der Waals surface area contributed by atoms with Crippen LogP contribution in [0.1, 0.15) is 33.5 Å². The van der Waals surface area contributed by atoms with Crippen LogP contribution in [0.5, 0.6) is 5.75 Å². The number of nitriles is 1. The van der Waals surface area contributed by atoms with Crippen LogP contribution in [0, 0.1) is 25.2 Å². The number of carbonyl (C=O) groups excluding carboxylic acids is 1. The van der Waals surface area contributed by atoms with Gasteiger partial charge in [0.1, 0.15) is 17.6 Å². The Bertz CT molecular complexity index is 1160. The van der Waals surface area contributed by atoms with Gasteiger partial charge in [-0.25, -0.2) is 4.98 Å². The summed E-state index contributed by atoms with van der Waals surface area (Å²) in [5.74, 6) is 1.46. The molecule has 158 valence electrons. The molecule has 0 aliphatic carbocycles. The predicted octanol–water partition coefficient (Wildman–Crippen LogP) is 4.08. The van der Waals surface area contributed by atoms with Crippen molar-refractivity contribution in [1.29, 1.82) is 5.26 Å². The lowest BCUT2D eigenvalue weighted by atomic mass is 10.0. The molecule has 0 unspecified atom stereocenters. The highest BCUT2D eigenvalue weighted by atomic mass is 16.5. The molecule has 0 saturated carbocycles. The number of amides is 1. The lowest BCUT2D eigenvalue weighted by Gasteiger charge is -2.24. The van der Waals surface area contributed by atoms with Gasteiger partial charge in [-0.15, -0.1) is 0 Å². The quantitative estimate of drug-likeness (QED) is 0.646. The van der Waals surface area contributed by atoms with Crippen molar-refractivity contribution < 1.29 is 9.53 Å². The second-order valence-corrected chi connectivity index (χ2v) is 7.91. The van der Waals surface area contributed by atoms with Gasteiger partial charge in [-0.05, 0) is 61.7 Å². The number of hydrogen-bond acceptors (Lipinski definition) is 5. The molecule has 1 aromatic heterocycles. The zero-order chi connectivity index (χ0) is 22.0. The summed E-state index contributed by atoms with van der Waals surface area (Å²) in [5, 5.41) is 10.7. The van der Waals surface area contributed by atoms with Crippen molar-refractivity contribution in [3.05, 3.63) is 64.7 Å². The van der Waals surface area contributed by atoms with E-state index in [0.717, 1.165) is 35.2 Å². The Morgan fingerprint density at radius 1 is 1.06 bits per heavy atom. The number of ether oxygens (including phenoxy) is 1. The van der Waals surface area contributed by atoms with Gasteiger partial charge >= 0.3 is 0 Å². The van der Waals surface area contributed by atoms with Crippen LogP contribution in [0.3, 0.4) is 0 Å². The summed E-state index contributed by atoms with van der Waals surface area (Å²) in [7, 11) is 1.61. The number of aryl methyl sites for hydroxylation is 2. The second kappa shape index (κ2) is 8.65. The summed E-state index contributed by atoms with van der Waals surface area (Å²) >= 11 is 0. The maximum absolute atomic E-state index is 13.0. The standard InChI is InChI=1S/C25H26N4O2/c1-17-5-6-20-15-21(16-26)24(27-23(20)18(17)2)28-11-4-12-29(14-13-28)25(30)19-7-9-22(31-3)10-8-19/h5-10,15H,4,11-14H2,1-3H3. The number of rotatable bonds is 3. The third-order valence-electron chi connectivity index (χ3n) is 6.03. The van der Waals surface area contributed by atoms with Crippen LogP contribution in [0.15, 0.2) is 42.5 Å². The fourth-order valence-corrected chi connectivity index (χ4v) is 4.04. The second-order valence-electron chi connectivity index (χ2n) is 7.91. The molecule has 31 heavy (non-hydrogen) atoms. The SMILES string of the molecule is COc1ccc(C(=O)N2CCCN(c3nc4c(C)c(C)ccc4cc3C#N)CC2)cc1. The molecule has 1 aliphatic rings. The average Bonchev–Trinajstić information content (AvgIpc) is 3.06. The summed E-state index contributed by atoms with van der Waals surface area (Å²) in [6, 6.07) is 15.5. The summed E-state index contributed by atoms with van der Waals surface area (Å²) in [5.41, 5.74) is 4.48. The fourth-order valence-electron chi connectivity index (χ4n) is 4.04. The molecule has 3 aromatic rings. The van der Waals surface area contributed by atoms with Gasteiger partial charge in [0, 0.05) is 37.1 Å². The first-order chi connectivity index (χ1) is 15.0. The smallest absolute Gasteiger partial charge is 0.253 e. The topological polar surface area (TPSA) is 69.5 Å². The molecule has 0 radical (unpaired) electrons. The Kier molecular flexibility index (Phi) is 5.77. The van der Waals surface area contributed by atoms with E-state index in [1.165, 1.54) is 5.56 Å². The van der Waals surface area contributed by atoms with Crippen molar-refractivity contribution in [3.63, 3.8) is 0 Å². The maximum atomic E-state index is 13.0. The number of hydrogen-bond donors (Lipinski definition) is 0. The molecule has 4 rings (SSSR count). The number of anilines is 1. The molecule has 0 N–H and O–H groups in total. The first-order valence-corrected chi connectivity index (χ1v) is 10.5. The predicted molar refractivity (Wildman–Crippen MR) is 122 cm³/mol. The molecule has 6 nitrogen and oxygen atoms in total. The van der Waals surface area contributed by atoms with Gasteiger partial charge in [0.2, 0.25) is 0 Å². The minimum absolute atomic E-state index is 0.0166. The molecule has 2 heterocycles. The average molecular weight is 415 g/mol. The molecule has 1 fully saturated rings. The maximum Gasteiger partial charge on any atom is 0.253 e. The van der Waals surface area contributed by atoms with Gasteiger partial charge in [-0.2, -0.15) is 5.26 Å². The number of aromatic nitrogens is 1. The Labute approximate surface area is 182 Å². The molecular weight excluding hydrogens is 388 g/mol. The number of benzene rings is 2. The number of pyridine rings is 1. The van der Waals surface area contributed by atoms with Gasteiger partial charge in [-0.1, -0.05) is 12.1 Å². The molecule has 1 saturated heterocycles. The number of nitrogens with zero attached hydrogens (tertiary/aromatic N) is 4. The highest BCUT2D eigenvalue weighted by molar-refractivity contribution is 5.94. The molecule has 1 aliphatic heterocycles. The number of methoxy groups -OCH3 is 1. The van der Waals surface area contributed by atoms with E-state index in [0.29, 0.717) is 36.6 Å². The third-order valence-corrected chi connectivity index (χ3v) is 6.03. The molecule has 0 atom stereocenters. The van der Waals surface area contributed by atoms with Gasteiger partial charge in [0.15, 0.2) is 0 Å². The van der Waals surface area contributed by atoms with E-state index < -0.39 is 0 Å². The van der Waals surface area contributed by atoms with E-state index in [4.69, 9.17) is 9.72 Å². The van der Waals surface area contributed by atoms with Crippen LogP contribution < -0.4 is 9.64 Å². The van der Waals surface area contributed by atoms with Crippen molar-refractivity contribution in [2.45, 2.75) is 20.3 Å². The molecule has 1 amide bonds. The summed E-state index contributed by atoms with van der Waals surface area (Å²) in [6.45, 7) is 6.79. The van der Waals surface area contributed by atoms with E-state index in [9.17, 15) is 10.1 Å². The summed E-state index contributed by atoms with van der Waals surface area (Å²) in [4.78, 5) is 21.9. The number of fused-ring (bicyclic) bond motifs is 1. The van der Waals surface area contributed by atoms with E-state index in [2.05, 4.69) is 30.9 Å². The summed E-state index contributed by atoms with van der Waals surface area (Å²) < 4.78 is 5.18. The zero-order valence-electron chi connectivity index (χ0n) is 18.2. The lowest BCUT2D eigenvalue weighted by Crippen LogP contribution is -2.35. The van der Waals surface area contributed by atoms with E-state index in [1.807, 2.05) is 17.0 Å². The minimum atomic E-state index is 0.0166. The lowest BCUT2D eigenvalue weighted by molar-refractivity contribution is 0.0767. The van der Waals surface area contributed by atoms with Crippen LogP contribution in [-0.2, 0) is 0 Å². The zero-order valence-corrected chi connectivity index (χ0v) is 18.2. The Morgan fingerprint density at radius 3 is 2.55 bits per heavy atom. The van der Waals surface area contributed by atoms with Gasteiger partial charge in [-0.3, -0.25) is 4.79 Å². The van der Waals surface area contributed by atoms with Crippen molar-refractivity contribution in [2.24, 2.45) is 0 Å². The van der Waals surface area contributed by atoms with Gasteiger partial charge < -0.3 is 14.5 Å². The Balaban J connectivity index is 1.58. The monoisotopic (exact) mass is 414 g/mol. The minimum Gasteiger partial charge on any atom is -0.497 e. The van der Waals surface area contributed by atoms with Gasteiger partial charge in [0.25, 0.3) is 5.91 Å². The van der Waals surface area contributed by atoms with Crippen LogP contribution in [0.2, 0.25) is 0 Å². The normalized spacial score (nSPS) is 14.3. The van der Waals surface area contributed by atoms with Crippen molar-refractivity contribution >= 4 is 22.6 Å². The van der Waals surface area contributed by atoms with Crippen molar-refractivity contribution in [3.8, 4) is 11.8 Å². The summed E-state index contributed by atoms with van der Waals surface area (Å²) in [6.07, 6.45) is 0.819. The third kappa shape index (κ3) is 4.04. The molecular formula is C25H26N4O2. The largest absolute Gasteiger partial charge is 0.497 e. The fraction of sp³-hybridized carbons (Fsp3) is 0.320. The van der Waals surface area contributed by atoms with Crippen LogP contribution in [0.4, 0.5) is 5.82 Å². The Morgan fingerprint density at radius 2 is 1.84 bits per heavy atom. The molecule has 2 aromatic carbocycles. The van der Waals surface area contributed by atoms with E-state index >= 15 is 0 Å². The van der Waals surface area contributed by atoms with Crippen LogP contribution in [0.25, 0.3) is 10.9 Å². The first kappa shape index (κ1) is 20.7. The van der Waals surface area contributed by atoms with E-state index in [1.54, 1.807) is 31.4 Å². The van der Waals surface area contributed by atoms with Crippen LogP contribution >= 0.6 is 0 Å². The molecule has 0 spiro atoms. The van der Waals surface area contributed by atoms with E-state index in [-0.39, 0.29) is 5.91 Å². The first-order valence-electron chi connectivity index (χ1n) is 10.5. The van der Waals surface area contributed by atoms with Gasteiger partial charge in [0.05, 0.1) is 18.2 Å². The molecule has 0 bridgehead atoms. The Hall–Kier alpha value is -3.59. The highest BCUT2D eigenvalue weighted by Gasteiger charge is 2.23. The highest BCUT2D eigenvalue weighted by Crippen LogP contribution is 2.27.